The van der Waals surface area contributed by atoms with Crippen molar-refractivity contribution in [3.63, 3.8) is 0 Å². The zero-order valence-corrected chi connectivity index (χ0v) is 12.5. The molecule has 2 aromatic carbocycles. The Morgan fingerprint density at radius 1 is 1.27 bits per heavy atom. The summed E-state index contributed by atoms with van der Waals surface area (Å²) in [6, 6.07) is 12.2. The number of carbonyl (C=O) groups is 1. The number of benzene rings is 2. The number of hydrogen-bond acceptors (Lipinski definition) is 3. The standard InChI is InChI=1S/C17H17FN2O2/c1-12-7-8-16(15(18)9-12)20-17(21)11-22-19-10-14-6-4-3-5-13(14)2/h3-10H,11H2,1-2H3,(H,20,21)/b19-10+. The lowest BCUT2D eigenvalue weighted by Gasteiger charge is -2.06. The summed E-state index contributed by atoms with van der Waals surface area (Å²) in [5, 5.41) is 6.18. The van der Waals surface area contributed by atoms with Crippen LogP contribution in [0, 0.1) is 19.7 Å². The molecule has 2 aromatic rings. The van der Waals surface area contributed by atoms with Gasteiger partial charge in [0.1, 0.15) is 5.82 Å². The molecule has 1 amide bonds. The van der Waals surface area contributed by atoms with E-state index in [1.807, 2.05) is 31.2 Å². The summed E-state index contributed by atoms with van der Waals surface area (Å²) in [5.74, 6) is -0.943. The fraction of sp³-hybridized carbons (Fsp3) is 0.176. The molecule has 0 aliphatic carbocycles. The van der Waals surface area contributed by atoms with Crippen molar-refractivity contribution >= 4 is 17.8 Å². The molecule has 4 nitrogen and oxygen atoms in total. The number of anilines is 1. The van der Waals surface area contributed by atoms with E-state index in [-0.39, 0.29) is 12.3 Å². The SMILES string of the molecule is Cc1ccc(NC(=O)CO/N=C/c2ccccc2C)c(F)c1. The molecule has 0 saturated heterocycles. The van der Waals surface area contributed by atoms with Gasteiger partial charge in [-0.15, -0.1) is 0 Å². The van der Waals surface area contributed by atoms with Crippen LogP contribution >= 0.6 is 0 Å². The Morgan fingerprint density at radius 3 is 2.77 bits per heavy atom. The van der Waals surface area contributed by atoms with Crippen LogP contribution in [0.1, 0.15) is 16.7 Å². The number of hydrogen-bond donors (Lipinski definition) is 1. The van der Waals surface area contributed by atoms with E-state index in [0.717, 1.165) is 16.7 Å². The number of halogens is 1. The third kappa shape index (κ3) is 4.41. The highest BCUT2D eigenvalue weighted by atomic mass is 19.1. The maximum Gasteiger partial charge on any atom is 0.265 e. The maximum absolute atomic E-state index is 13.6. The predicted octanol–water partition coefficient (Wildman–Crippen LogP) is 3.43. The van der Waals surface area contributed by atoms with Gasteiger partial charge in [0, 0.05) is 0 Å². The molecule has 0 atom stereocenters. The summed E-state index contributed by atoms with van der Waals surface area (Å²) in [6.45, 7) is 3.45. The maximum atomic E-state index is 13.6. The van der Waals surface area contributed by atoms with Gasteiger partial charge in [0.2, 0.25) is 0 Å². The zero-order chi connectivity index (χ0) is 15.9. The number of aryl methyl sites for hydroxylation is 2. The highest BCUT2D eigenvalue weighted by Gasteiger charge is 2.07. The molecule has 0 aliphatic rings. The normalized spacial score (nSPS) is 10.7. The largest absolute Gasteiger partial charge is 0.386 e. The lowest BCUT2D eigenvalue weighted by molar-refractivity contribution is -0.120. The first-order valence-corrected chi connectivity index (χ1v) is 6.83. The van der Waals surface area contributed by atoms with Gasteiger partial charge in [-0.2, -0.15) is 0 Å². The second kappa shape index (κ2) is 7.36. The van der Waals surface area contributed by atoms with Crippen LogP contribution in [0.2, 0.25) is 0 Å². The summed E-state index contributed by atoms with van der Waals surface area (Å²) in [7, 11) is 0. The van der Waals surface area contributed by atoms with Gasteiger partial charge in [-0.25, -0.2) is 4.39 Å². The third-order valence-corrected chi connectivity index (χ3v) is 3.05. The third-order valence-electron chi connectivity index (χ3n) is 3.05. The molecule has 0 aromatic heterocycles. The molecule has 0 unspecified atom stereocenters. The lowest BCUT2D eigenvalue weighted by Crippen LogP contribution is -2.17. The predicted molar refractivity (Wildman–Crippen MR) is 84.5 cm³/mol. The van der Waals surface area contributed by atoms with Crippen molar-refractivity contribution in [2.24, 2.45) is 5.16 Å². The highest BCUT2D eigenvalue weighted by Crippen LogP contribution is 2.14. The monoisotopic (exact) mass is 300 g/mol. The van der Waals surface area contributed by atoms with Crippen LogP contribution in [0.4, 0.5) is 10.1 Å². The van der Waals surface area contributed by atoms with E-state index in [9.17, 15) is 9.18 Å². The van der Waals surface area contributed by atoms with Crippen molar-refractivity contribution in [2.45, 2.75) is 13.8 Å². The fourth-order valence-electron chi connectivity index (χ4n) is 1.83. The van der Waals surface area contributed by atoms with Crippen LogP contribution in [0.15, 0.2) is 47.6 Å². The zero-order valence-electron chi connectivity index (χ0n) is 12.5. The Hall–Kier alpha value is -2.69. The summed E-state index contributed by atoms with van der Waals surface area (Å²) >= 11 is 0. The topological polar surface area (TPSA) is 50.7 Å². The number of nitrogens with zero attached hydrogens (tertiary/aromatic N) is 1. The van der Waals surface area contributed by atoms with E-state index in [0.29, 0.717) is 0 Å². The van der Waals surface area contributed by atoms with Gasteiger partial charge in [0.25, 0.3) is 5.91 Å². The molecule has 1 N–H and O–H groups in total. The Kier molecular flexibility index (Phi) is 5.25. The molecule has 0 radical (unpaired) electrons. The first-order valence-electron chi connectivity index (χ1n) is 6.83. The van der Waals surface area contributed by atoms with Crippen molar-refractivity contribution in [3.05, 3.63) is 65.0 Å². The average Bonchev–Trinajstić information content (AvgIpc) is 2.48. The van der Waals surface area contributed by atoms with Crippen molar-refractivity contribution < 1.29 is 14.0 Å². The van der Waals surface area contributed by atoms with Crippen LogP contribution in [0.25, 0.3) is 0 Å². The molecular formula is C17H17FN2O2. The molecular weight excluding hydrogens is 283 g/mol. The fourth-order valence-corrected chi connectivity index (χ4v) is 1.83. The second-order valence-corrected chi connectivity index (χ2v) is 4.90. The summed E-state index contributed by atoms with van der Waals surface area (Å²) < 4.78 is 13.6. The van der Waals surface area contributed by atoms with E-state index >= 15 is 0 Å². The first-order chi connectivity index (χ1) is 10.6. The molecule has 0 saturated carbocycles. The lowest BCUT2D eigenvalue weighted by atomic mass is 10.1. The van der Waals surface area contributed by atoms with Gasteiger partial charge < -0.3 is 10.2 Å². The van der Waals surface area contributed by atoms with E-state index in [1.54, 1.807) is 13.0 Å². The Morgan fingerprint density at radius 2 is 2.05 bits per heavy atom. The van der Waals surface area contributed by atoms with Gasteiger partial charge in [-0.05, 0) is 42.7 Å². The molecule has 114 valence electrons. The van der Waals surface area contributed by atoms with Crippen LogP contribution in [-0.2, 0) is 9.63 Å². The summed E-state index contributed by atoms with van der Waals surface area (Å²) in [4.78, 5) is 16.6. The number of rotatable bonds is 5. The Balaban J connectivity index is 1.84. The highest BCUT2D eigenvalue weighted by molar-refractivity contribution is 5.91. The molecule has 0 aliphatic heterocycles. The van der Waals surface area contributed by atoms with Crippen LogP contribution in [0.3, 0.4) is 0 Å². The molecule has 22 heavy (non-hydrogen) atoms. The van der Waals surface area contributed by atoms with Crippen molar-refractivity contribution in [1.29, 1.82) is 0 Å². The number of oxime groups is 1. The molecule has 0 spiro atoms. The van der Waals surface area contributed by atoms with E-state index < -0.39 is 11.7 Å². The first kappa shape index (κ1) is 15.7. The van der Waals surface area contributed by atoms with Gasteiger partial charge >= 0.3 is 0 Å². The van der Waals surface area contributed by atoms with Crippen LogP contribution in [-0.4, -0.2) is 18.7 Å². The molecule has 5 heteroatoms. The smallest absolute Gasteiger partial charge is 0.265 e. The van der Waals surface area contributed by atoms with E-state index in [1.165, 1.54) is 18.3 Å². The van der Waals surface area contributed by atoms with Gasteiger partial charge in [-0.3, -0.25) is 4.79 Å². The van der Waals surface area contributed by atoms with Crippen molar-refractivity contribution in [2.75, 3.05) is 11.9 Å². The quantitative estimate of drug-likeness (QED) is 0.679. The summed E-state index contributed by atoms with van der Waals surface area (Å²) in [6.07, 6.45) is 1.54. The number of carbonyl (C=O) groups excluding carboxylic acids is 1. The molecule has 2 rings (SSSR count). The minimum Gasteiger partial charge on any atom is -0.386 e. The van der Waals surface area contributed by atoms with Gasteiger partial charge in [0.15, 0.2) is 6.61 Å². The minimum atomic E-state index is -0.475. The molecule has 0 heterocycles. The number of amides is 1. The Bertz CT molecular complexity index is 699. The molecule has 0 fully saturated rings. The summed E-state index contributed by atoms with van der Waals surface area (Å²) in [5.41, 5.74) is 2.88. The number of nitrogens with one attached hydrogen (secondary N) is 1. The molecule has 0 bridgehead atoms. The van der Waals surface area contributed by atoms with Crippen molar-refractivity contribution in [3.8, 4) is 0 Å². The van der Waals surface area contributed by atoms with Gasteiger partial charge in [0.05, 0.1) is 11.9 Å². The van der Waals surface area contributed by atoms with Crippen molar-refractivity contribution in [1.82, 2.24) is 0 Å². The van der Waals surface area contributed by atoms with Crippen LogP contribution < -0.4 is 5.32 Å². The average molecular weight is 300 g/mol. The van der Waals surface area contributed by atoms with E-state index in [2.05, 4.69) is 10.5 Å². The van der Waals surface area contributed by atoms with Crippen LogP contribution in [0.5, 0.6) is 0 Å². The minimum absolute atomic E-state index is 0.127. The van der Waals surface area contributed by atoms with Gasteiger partial charge in [-0.1, -0.05) is 35.5 Å². The Labute approximate surface area is 128 Å². The van der Waals surface area contributed by atoms with E-state index in [4.69, 9.17) is 4.84 Å². The second-order valence-electron chi connectivity index (χ2n) is 4.90.